The molecule has 7 heteroatoms. The van der Waals surface area contributed by atoms with Crippen LogP contribution in [0.1, 0.15) is 26.2 Å². The number of thioether (sulfide) groups is 1. The van der Waals surface area contributed by atoms with Gasteiger partial charge < -0.3 is 14.3 Å². The summed E-state index contributed by atoms with van der Waals surface area (Å²) in [6, 6.07) is 7.06. The molecule has 0 bridgehead atoms. The van der Waals surface area contributed by atoms with Gasteiger partial charge in [0.05, 0.1) is 5.60 Å². The Labute approximate surface area is 132 Å². The van der Waals surface area contributed by atoms with E-state index in [1.165, 1.54) is 11.8 Å². The Kier molecular flexibility index (Phi) is 5.50. The summed E-state index contributed by atoms with van der Waals surface area (Å²) in [4.78, 5) is 0. The van der Waals surface area contributed by atoms with E-state index in [2.05, 4.69) is 10.2 Å². The van der Waals surface area contributed by atoms with Gasteiger partial charge in [-0.1, -0.05) is 23.4 Å². The maximum absolute atomic E-state index is 9.62. The first-order valence-corrected chi connectivity index (χ1v) is 7.85. The van der Waals surface area contributed by atoms with Crippen molar-refractivity contribution in [1.82, 2.24) is 10.2 Å². The van der Waals surface area contributed by atoms with Gasteiger partial charge in [-0.15, -0.1) is 10.2 Å². The van der Waals surface area contributed by atoms with Crippen LogP contribution in [0.5, 0.6) is 5.75 Å². The molecule has 114 valence electrons. The fraction of sp³-hybridized carbons (Fsp3) is 0.429. The molecule has 0 spiro atoms. The number of aromatic nitrogens is 2. The molecule has 0 aliphatic heterocycles. The van der Waals surface area contributed by atoms with E-state index in [0.29, 0.717) is 34.1 Å². The molecule has 21 heavy (non-hydrogen) atoms. The molecule has 1 aromatic carbocycles. The molecule has 0 aliphatic carbocycles. The van der Waals surface area contributed by atoms with E-state index in [-0.39, 0.29) is 6.61 Å². The molecular weight excluding hydrogens is 312 g/mol. The van der Waals surface area contributed by atoms with Gasteiger partial charge >= 0.3 is 0 Å². The second kappa shape index (κ2) is 7.15. The van der Waals surface area contributed by atoms with Gasteiger partial charge in [0.15, 0.2) is 6.61 Å². The Morgan fingerprint density at radius 2 is 2.00 bits per heavy atom. The van der Waals surface area contributed by atoms with E-state index >= 15 is 0 Å². The van der Waals surface area contributed by atoms with E-state index in [4.69, 9.17) is 20.8 Å². The number of hydrogen-bond acceptors (Lipinski definition) is 6. The third-order valence-corrected chi connectivity index (χ3v) is 3.64. The van der Waals surface area contributed by atoms with Crippen LogP contribution in [0.2, 0.25) is 5.02 Å². The van der Waals surface area contributed by atoms with E-state index in [9.17, 15) is 5.11 Å². The lowest BCUT2D eigenvalue weighted by molar-refractivity contribution is 0.0777. The monoisotopic (exact) mass is 328 g/mol. The number of nitrogens with zero attached hydrogens (tertiary/aromatic N) is 2. The zero-order valence-corrected chi connectivity index (χ0v) is 13.4. The number of hydrogen-bond donors (Lipinski definition) is 1. The average molecular weight is 329 g/mol. The first kappa shape index (κ1) is 16.1. The minimum Gasteiger partial charge on any atom is -0.484 e. The molecular formula is C14H17ClN2O3S. The minimum atomic E-state index is -0.687. The molecule has 5 nitrogen and oxygen atoms in total. The van der Waals surface area contributed by atoms with Gasteiger partial charge in [-0.05, 0) is 44.5 Å². The van der Waals surface area contributed by atoms with Crippen molar-refractivity contribution >= 4 is 23.4 Å². The van der Waals surface area contributed by atoms with E-state index in [1.54, 1.807) is 38.1 Å². The molecule has 1 heterocycles. The molecule has 1 aromatic heterocycles. The van der Waals surface area contributed by atoms with Crippen molar-refractivity contribution in [3.05, 3.63) is 35.2 Å². The summed E-state index contributed by atoms with van der Waals surface area (Å²) in [5.41, 5.74) is -0.687. The number of halogens is 1. The highest BCUT2D eigenvalue weighted by Crippen LogP contribution is 2.21. The van der Waals surface area contributed by atoms with Crippen LogP contribution >= 0.6 is 23.4 Å². The molecule has 0 unspecified atom stereocenters. The van der Waals surface area contributed by atoms with E-state index < -0.39 is 5.60 Å². The second-order valence-electron chi connectivity index (χ2n) is 5.12. The fourth-order valence-electron chi connectivity index (χ4n) is 1.42. The molecule has 0 radical (unpaired) electrons. The predicted octanol–water partition coefficient (Wildman–Crippen LogP) is 3.56. The molecule has 0 amide bonds. The van der Waals surface area contributed by atoms with Gasteiger partial charge in [0.1, 0.15) is 5.75 Å². The Morgan fingerprint density at radius 1 is 1.29 bits per heavy atom. The first-order chi connectivity index (χ1) is 9.92. The van der Waals surface area contributed by atoms with Crippen LogP contribution < -0.4 is 4.74 Å². The van der Waals surface area contributed by atoms with Crippen LogP contribution in [0.25, 0.3) is 0 Å². The highest BCUT2D eigenvalue weighted by Gasteiger charge is 2.14. The highest BCUT2D eigenvalue weighted by molar-refractivity contribution is 7.99. The van der Waals surface area contributed by atoms with Crippen molar-refractivity contribution in [2.45, 2.75) is 37.7 Å². The Hall–Kier alpha value is -1.24. The smallest absolute Gasteiger partial charge is 0.276 e. The zero-order valence-electron chi connectivity index (χ0n) is 11.9. The summed E-state index contributed by atoms with van der Waals surface area (Å²) < 4.78 is 11.0. The fourth-order valence-corrected chi connectivity index (χ4v) is 2.57. The van der Waals surface area contributed by atoms with Crippen LogP contribution in [0.4, 0.5) is 0 Å². The summed E-state index contributed by atoms with van der Waals surface area (Å²) in [7, 11) is 0. The SMILES string of the molecule is CC(C)(O)CCSc1nnc(COc2ccc(Cl)cc2)o1. The Morgan fingerprint density at radius 3 is 2.67 bits per heavy atom. The Bertz CT molecular complexity index is 566. The van der Waals surface area contributed by atoms with Crippen molar-refractivity contribution in [3.63, 3.8) is 0 Å². The third kappa shape index (κ3) is 5.95. The van der Waals surface area contributed by atoms with Crippen LogP contribution in [0.15, 0.2) is 33.9 Å². The van der Waals surface area contributed by atoms with Crippen LogP contribution in [-0.4, -0.2) is 26.7 Å². The molecule has 0 atom stereocenters. The largest absolute Gasteiger partial charge is 0.484 e. The van der Waals surface area contributed by atoms with Crippen molar-refractivity contribution in [3.8, 4) is 5.75 Å². The van der Waals surface area contributed by atoms with E-state index in [0.717, 1.165) is 0 Å². The molecule has 0 fully saturated rings. The predicted molar refractivity (Wildman–Crippen MR) is 81.7 cm³/mol. The van der Waals surface area contributed by atoms with Crippen LogP contribution in [0.3, 0.4) is 0 Å². The lowest BCUT2D eigenvalue weighted by atomic mass is 10.1. The molecule has 2 aromatic rings. The lowest BCUT2D eigenvalue weighted by Crippen LogP contribution is -2.18. The van der Waals surface area contributed by atoms with Crippen molar-refractivity contribution in [1.29, 1.82) is 0 Å². The molecule has 0 saturated carbocycles. The highest BCUT2D eigenvalue weighted by atomic mass is 35.5. The molecule has 0 aliphatic rings. The number of aliphatic hydroxyl groups is 1. The van der Waals surface area contributed by atoms with Crippen LogP contribution in [-0.2, 0) is 6.61 Å². The van der Waals surface area contributed by atoms with Gasteiger partial charge in [0, 0.05) is 10.8 Å². The van der Waals surface area contributed by atoms with Gasteiger partial charge in [-0.2, -0.15) is 0 Å². The van der Waals surface area contributed by atoms with Gasteiger partial charge in [0.25, 0.3) is 11.1 Å². The molecule has 2 rings (SSSR count). The van der Waals surface area contributed by atoms with E-state index in [1.807, 2.05) is 0 Å². The maximum atomic E-state index is 9.62. The van der Waals surface area contributed by atoms with Gasteiger partial charge in [-0.3, -0.25) is 0 Å². The lowest BCUT2D eigenvalue weighted by Gasteiger charge is -2.15. The number of rotatable bonds is 7. The van der Waals surface area contributed by atoms with Gasteiger partial charge in [0.2, 0.25) is 0 Å². The zero-order chi connectivity index (χ0) is 15.3. The summed E-state index contributed by atoms with van der Waals surface area (Å²) >= 11 is 7.21. The first-order valence-electron chi connectivity index (χ1n) is 6.48. The maximum Gasteiger partial charge on any atom is 0.276 e. The van der Waals surface area contributed by atoms with Gasteiger partial charge in [-0.25, -0.2) is 0 Å². The average Bonchev–Trinajstić information content (AvgIpc) is 2.85. The standard InChI is InChI=1S/C14H17ClN2O3S/c1-14(2,18)7-8-21-13-17-16-12(20-13)9-19-11-5-3-10(15)4-6-11/h3-6,18H,7-9H2,1-2H3. The van der Waals surface area contributed by atoms with Crippen molar-refractivity contribution in [2.24, 2.45) is 0 Å². The summed E-state index contributed by atoms with van der Waals surface area (Å²) in [6.45, 7) is 3.75. The number of ether oxygens (including phenoxy) is 1. The quantitative estimate of drug-likeness (QED) is 0.784. The van der Waals surface area contributed by atoms with Crippen molar-refractivity contribution in [2.75, 3.05) is 5.75 Å². The molecule has 1 N–H and O–H groups in total. The van der Waals surface area contributed by atoms with Crippen molar-refractivity contribution < 1.29 is 14.3 Å². The summed E-state index contributed by atoms with van der Waals surface area (Å²) in [5, 5.41) is 18.6. The minimum absolute atomic E-state index is 0.209. The van der Waals surface area contributed by atoms with Crippen LogP contribution in [0, 0.1) is 0 Å². The third-order valence-electron chi connectivity index (χ3n) is 2.56. The number of benzene rings is 1. The topological polar surface area (TPSA) is 68.4 Å². The summed E-state index contributed by atoms with van der Waals surface area (Å²) in [6.07, 6.45) is 0.649. The Balaban J connectivity index is 1.79. The molecule has 0 saturated heterocycles. The summed E-state index contributed by atoms with van der Waals surface area (Å²) in [5.74, 6) is 1.81. The normalized spacial score (nSPS) is 11.6. The second-order valence-corrected chi connectivity index (χ2v) is 6.60.